The van der Waals surface area contributed by atoms with Crippen LogP contribution >= 0.6 is 0 Å². The molecule has 0 bridgehead atoms. The highest BCUT2D eigenvalue weighted by atomic mass is 15.1. The SMILES string of the molecule is CCCC(C)N(CC)Cc1ccccc1. The molecular formula is C14H23N. The quantitative estimate of drug-likeness (QED) is 0.684. The van der Waals surface area contributed by atoms with Gasteiger partial charge in [0.15, 0.2) is 0 Å². The highest BCUT2D eigenvalue weighted by Gasteiger charge is 2.10. The van der Waals surface area contributed by atoms with Gasteiger partial charge in [-0.3, -0.25) is 4.90 Å². The maximum absolute atomic E-state index is 2.54. The van der Waals surface area contributed by atoms with Gasteiger partial charge in [0.05, 0.1) is 0 Å². The standard InChI is InChI=1S/C14H23N/c1-4-9-13(3)15(5-2)12-14-10-7-6-8-11-14/h6-8,10-11,13H,4-5,9,12H2,1-3H3. The highest BCUT2D eigenvalue weighted by molar-refractivity contribution is 5.14. The molecular weight excluding hydrogens is 182 g/mol. The summed E-state index contributed by atoms with van der Waals surface area (Å²) in [7, 11) is 0. The maximum atomic E-state index is 2.54. The van der Waals surface area contributed by atoms with Crippen LogP contribution in [-0.2, 0) is 6.54 Å². The molecule has 0 N–H and O–H groups in total. The van der Waals surface area contributed by atoms with Gasteiger partial charge in [-0.2, -0.15) is 0 Å². The molecule has 0 radical (unpaired) electrons. The molecule has 0 aliphatic heterocycles. The lowest BCUT2D eigenvalue weighted by Gasteiger charge is -2.27. The summed E-state index contributed by atoms with van der Waals surface area (Å²) in [6.45, 7) is 9.05. The first-order chi connectivity index (χ1) is 7.27. The van der Waals surface area contributed by atoms with Crippen molar-refractivity contribution >= 4 is 0 Å². The van der Waals surface area contributed by atoms with Crippen LogP contribution in [-0.4, -0.2) is 17.5 Å². The summed E-state index contributed by atoms with van der Waals surface area (Å²) in [4.78, 5) is 2.54. The van der Waals surface area contributed by atoms with E-state index >= 15 is 0 Å². The Morgan fingerprint density at radius 2 is 1.80 bits per heavy atom. The molecule has 1 nitrogen and oxygen atoms in total. The van der Waals surface area contributed by atoms with Gasteiger partial charge in [-0.25, -0.2) is 0 Å². The predicted octanol–water partition coefficient (Wildman–Crippen LogP) is 3.70. The summed E-state index contributed by atoms with van der Waals surface area (Å²) in [5.41, 5.74) is 1.42. The second-order valence-electron chi connectivity index (χ2n) is 4.19. The van der Waals surface area contributed by atoms with Gasteiger partial charge in [-0.05, 0) is 25.5 Å². The fourth-order valence-electron chi connectivity index (χ4n) is 2.00. The Kier molecular flexibility index (Phi) is 5.41. The van der Waals surface area contributed by atoms with Crippen LogP contribution in [0, 0.1) is 0 Å². The van der Waals surface area contributed by atoms with E-state index in [1.54, 1.807) is 0 Å². The van der Waals surface area contributed by atoms with Gasteiger partial charge >= 0.3 is 0 Å². The van der Waals surface area contributed by atoms with Crippen LogP contribution in [0.15, 0.2) is 30.3 Å². The molecule has 0 aliphatic rings. The van der Waals surface area contributed by atoms with Crippen molar-refractivity contribution in [2.45, 2.75) is 46.2 Å². The van der Waals surface area contributed by atoms with Crippen molar-refractivity contribution in [3.8, 4) is 0 Å². The number of benzene rings is 1. The Morgan fingerprint density at radius 3 is 2.33 bits per heavy atom. The lowest BCUT2D eigenvalue weighted by Crippen LogP contribution is -2.32. The molecule has 0 spiro atoms. The molecule has 0 saturated heterocycles. The van der Waals surface area contributed by atoms with E-state index in [4.69, 9.17) is 0 Å². The molecule has 1 aromatic rings. The summed E-state index contributed by atoms with van der Waals surface area (Å²) in [6, 6.07) is 11.4. The molecule has 0 fully saturated rings. The monoisotopic (exact) mass is 205 g/mol. The number of nitrogens with zero attached hydrogens (tertiary/aromatic N) is 1. The van der Waals surface area contributed by atoms with E-state index < -0.39 is 0 Å². The Balaban J connectivity index is 2.53. The molecule has 1 heteroatoms. The largest absolute Gasteiger partial charge is 0.297 e. The van der Waals surface area contributed by atoms with Gasteiger partial charge in [-0.1, -0.05) is 50.6 Å². The van der Waals surface area contributed by atoms with E-state index in [-0.39, 0.29) is 0 Å². The third-order valence-electron chi connectivity index (χ3n) is 2.96. The minimum Gasteiger partial charge on any atom is -0.297 e. The average Bonchev–Trinajstić information content (AvgIpc) is 2.27. The van der Waals surface area contributed by atoms with Crippen LogP contribution in [0.5, 0.6) is 0 Å². The minimum absolute atomic E-state index is 0.695. The van der Waals surface area contributed by atoms with Crippen molar-refractivity contribution in [2.75, 3.05) is 6.54 Å². The summed E-state index contributed by atoms with van der Waals surface area (Å²) in [5.74, 6) is 0. The normalized spacial score (nSPS) is 13.1. The number of hydrogen-bond acceptors (Lipinski definition) is 1. The first-order valence-corrected chi connectivity index (χ1v) is 6.05. The third-order valence-corrected chi connectivity index (χ3v) is 2.96. The Labute approximate surface area is 94.1 Å². The number of rotatable bonds is 6. The van der Waals surface area contributed by atoms with Crippen LogP contribution in [0.1, 0.15) is 39.2 Å². The average molecular weight is 205 g/mol. The van der Waals surface area contributed by atoms with Gasteiger partial charge in [-0.15, -0.1) is 0 Å². The molecule has 0 saturated carbocycles. The highest BCUT2D eigenvalue weighted by Crippen LogP contribution is 2.11. The fraction of sp³-hybridized carbons (Fsp3) is 0.571. The minimum atomic E-state index is 0.695. The molecule has 1 rings (SSSR count). The Bertz CT molecular complexity index is 255. The zero-order valence-electron chi connectivity index (χ0n) is 10.2. The Hall–Kier alpha value is -0.820. The number of hydrogen-bond donors (Lipinski definition) is 0. The van der Waals surface area contributed by atoms with Crippen molar-refractivity contribution in [1.82, 2.24) is 4.90 Å². The second kappa shape index (κ2) is 6.62. The van der Waals surface area contributed by atoms with Gasteiger partial charge in [0.2, 0.25) is 0 Å². The second-order valence-corrected chi connectivity index (χ2v) is 4.19. The third kappa shape index (κ3) is 4.05. The van der Waals surface area contributed by atoms with Crippen molar-refractivity contribution < 1.29 is 0 Å². The van der Waals surface area contributed by atoms with Crippen molar-refractivity contribution in [2.24, 2.45) is 0 Å². The van der Waals surface area contributed by atoms with Gasteiger partial charge in [0.25, 0.3) is 0 Å². The zero-order valence-corrected chi connectivity index (χ0v) is 10.2. The molecule has 0 aromatic heterocycles. The molecule has 1 atom stereocenters. The molecule has 15 heavy (non-hydrogen) atoms. The van der Waals surface area contributed by atoms with Crippen molar-refractivity contribution in [1.29, 1.82) is 0 Å². The summed E-state index contributed by atoms with van der Waals surface area (Å²) >= 11 is 0. The topological polar surface area (TPSA) is 3.24 Å². The molecule has 0 aliphatic carbocycles. The van der Waals surface area contributed by atoms with Crippen LogP contribution in [0.3, 0.4) is 0 Å². The van der Waals surface area contributed by atoms with E-state index in [0.717, 1.165) is 13.1 Å². The summed E-state index contributed by atoms with van der Waals surface area (Å²) < 4.78 is 0. The maximum Gasteiger partial charge on any atom is 0.0236 e. The van der Waals surface area contributed by atoms with Crippen LogP contribution in [0.2, 0.25) is 0 Å². The van der Waals surface area contributed by atoms with E-state index in [9.17, 15) is 0 Å². The molecule has 0 heterocycles. The van der Waals surface area contributed by atoms with Gasteiger partial charge in [0, 0.05) is 12.6 Å². The molecule has 84 valence electrons. The zero-order chi connectivity index (χ0) is 11.1. The van der Waals surface area contributed by atoms with Crippen LogP contribution < -0.4 is 0 Å². The summed E-state index contributed by atoms with van der Waals surface area (Å²) in [5, 5.41) is 0. The predicted molar refractivity (Wildman–Crippen MR) is 66.9 cm³/mol. The Morgan fingerprint density at radius 1 is 1.13 bits per heavy atom. The smallest absolute Gasteiger partial charge is 0.0236 e. The fourth-order valence-corrected chi connectivity index (χ4v) is 2.00. The lowest BCUT2D eigenvalue weighted by molar-refractivity contribution is 0.200. The van der Waals surface area contributed by atoms with E-state index in [2.05, 4.69) is 56.0 Å². The van der Waals surface area contributed by atoms with Gasteiger partial charge in [0.1, 0.15) is 0 Å². The van der Waals surface area contributed by atoms with Crippen LogP contribution in [0.4, 0.5) is 0 Å². The molecule has 1 aromatic carbocycles. The van der Waals surface area contributed by atoms with E-state index in [0.29, 0.717) is 6.04 Å². The first kappa shape index (κ1) is 12.3. The van der Waals surface area contributed by atoms with E-state index in [1.165, 1.54) is 18.4 Å². The molecule has 1 unspecified atom stereocenters. The molecule has 0 amide bonds. The van der Waals surface area contributed by atoms with Crippen molar-refractivity contribution in [3.05, 3.63) is 35.9 Å². The first-order valence-electron chi connectivity index (χ1n) is 6.05. The lowest BCUT2D eigenvalue weighted by atomic mass is 10.1. The summed E-state index contributed by atoms with van der Waals surface area (Å²) in [6.07, 6.45) is 2.56. The van der Waals surface area contributed by atoms with E-state index in [1.807, 2.05) is 0 Å². The van der Waals surface area contributed by atoms with Crippen molar-refractivity contribution in [3.63, 3.8) is 0 Å². The van der Waals surface area contributed by atoms with Crippen LogP contribution in [0.25, 0.3) is 0 Å². The van der Waals surface area contributed by atoms with Gasteiger partial charge < -0.3 is 0 Å².